The molecule has 140 valence electrons. The van der Waals surface area contributed by atoms with Crippen molar-refractivity contribution in [3.63, 3.8) is 0 Å². The van der Waals surface area contributed by atoms with Crippen LogP contribution in [0.25, 0.3) is 10.2 Å². The van der Waals surface area contributed by atoms with Gasteiger partial charge in [-0.05, 0) is 51.0 Å². The van der Waals surface area contributed by atoms with E-state index in [9.17, 15) is 4.79 Å². The van der Waals surface area contributed by atoms with Gasteiger partial charge < -0.3 is 9.64 Å². The number of hydrogen-bond donors (Lipinski definition) is 0. The van der Waals surface area contributed by atoms with Crippen LogP contribution in [0.2, 0.25) is 0 Å². The van der Waals surface area contributed by atoms with Crippen LogP contribution in [0.4, 0.5) is 0 Å². The largest absolute Gasteiger partial charge is 0.481 e. The van der Waals surface area contributed by atoms with E-state index >= 15 is 0 Å². The van der Waals surface area contributed by atoms with Gasteiger partial charge >= 0.3 is 0 Å². The van der Waals surface area contributed by atoms with Gasteiger partial charge in [0.1, 0.15) is 5.75 Å². The van der Waals surface area contributed by atoms with Gasteiger partial charge in [0.2, 0.25) is 0 Å². The van der Waals surface area contributed by atoms with Gasteiger partial charge in [-0.25, -0.2) is 4.98 Å². The van der Waals surface area contributed by atoms with Crippen molar-refractivity contribution < 1.29 is 9.53 Å². The lowest BCUT2D eigenvalue weighted by Crippen LogP contribution is -2.45. The zero-order valence-corrected chi connectivity index (χ0v) is 16.5. The molecule has 2 heterocycles. The topological polar surface area (TPSA) is 42.4 Å². The second kappa shape index (κ2) is 7.69. The van der Waals surface area contributed by atoms with E-state index in [-0.39, 0.29) is 5.91 Å². The van der Waals surface area contributed by atoms with E-state index in [1.807, 2.05) is 55.1 Å². The fraction of sp³-hybridized carbons (Fsp3) is 0.364. The molecule has 5 heteroatoms. The average molecular weight is 381 g/mol. The van der Waals surface area contributed by atoms with Crippen molar-refractivity contribution in [1.82, 2.24) is 9.88 Å². The first-order chi connectivity index (χ1) is 13.1. The number of para-hydroxylation sites is 1. The Balaban J connectivity index is 1.43. The zero-order valence-electron chi connectivity index (χ0n) is 15.7. The predicted octanol–water partition coefficient (Wildman–Crippen LogP) is 4.78. The molecule has 1 saturated heterocycles. The Bertz CT molecular complexity index is 902. The highest BCUT2D eigenvalue weighted by Crippen LogP contribution is 2.33. The summed E-state index contributed by atoms with van der Waals surface area (Å²) in [6.07, 6.45) is 1.60. The molecule has 1 aliphatic rings. The maximum Gasteiger partial charge on any atom is 0.263 e. The number of piperidine rings is 1. The van der Waals surface area contributed by atoms with E-state index in [1.54, 1.807) is 11.3 Å². The van der Waals surface area contributed by atoms with Crippen LogP contribution in [0, 0.1) is 6.92 Å². The van der Waals surface area contributed by atoms with Crippen LogP contribution in [0.3, 0.4) is 0 Å². The molecule has 1 aliphatic heterocycles. The summed E-state index contributed by atoms with van der Waals surface area (Å²) in [4.78, 5) is 19.6. The van der Waals surface area contributed by atoms with Crippen LogP contribution in [0.15, 0.2) is 48.5 Å². The van der Waals surface area contributed by atoms with Gasteiger partial charge in [0, 0.05) is 19.0 Å². The van der Waals surface area contributed by atoms with E-state index in [1.165, 1.54) is 10.3 Å². The van der Waals surface area contributed by atoms with Crippen LogP contribution in [-0.4, -0.2) is 35.0 Å². The minimum atomic E-state index is -0.484. The number of thiazole rings is 1. The molecule has 0 bridgehead atoms. The van der Waals surface area contributed by atoms with Crippen molar-refractivity contribution >= 4 is 27.5 Å². The normalized spacial score (nSPS) is 18.4. The van der Waals surface area contributed by atoms with Crippen molar-refractivity contribution in [2.75, 3.05) is 13.1 Å². The fourth-order valence-corrected chi connectivity index (χ4v) is 4.67. The van der Waals surface area contributed by atoms with Gasteiger partial charge in [-0.2, -0.15) is 0 Å². The van der Waals surface area contributed by atoms with E-state index < -0.39 is 6.10 Å². The number of amides is 1. The Morgan fingerprint density at radius 2 is 2.00 bits per heavy atom. The van der Waals surface area contributed by atoms with E-state index in [4.69, 9.17) is 9.72 Å². The smallest absolute Gasteiger partial charge is 0.263 e. The summed E-state index contributed by atoms with van der Waals surface area (Å²) in [5, 5.41) is 1.14. The van der Waals surface area contributed by atoms with Crippen LogP contribution in [-0.2, 0) is 4.79 Å². The molecule has 1 fully saturated rings. The number of rotatable bonds is 4. The van der Waals surface area contributed by atoms with Crippen LogP contribution in [0.1, 0.15) is 36.3 Å². The highest BCUT2D eigenvalue weighted by Gasteiger charge is 2.30. The molecular weight excluding hydrogens is 356 g/mol. The Morgan fingerprint density at radius 1 is 1.22 bits per heavy atom. The number of hydrogen-bond acceptors (Lipinski definition) is 4. The van der Waals surface area contributed by atoms with Crippen LogP contribution in [0.5, 0.6) is 5.75 Å². The third-order valence-electron chi connectivity index (χ3n) is 5.07. The number of carbonyl (C=O) groups is 1. The first kappa shape index (κ1) is 18.0. The number of aryl methyl sites for hydroxylation is 1. The molecule has 2 unspecified atom stereocenters. The molecule has 1 aromatic heterocycles. The Labute approximate surface area is 163 Å². The summed E-state index contributed by atoms with van der Waals surface area (Å²) in [5.74, 6) is 1.11. The molecule has 0 aliphatic carbocycles. The standard InChI is InChI=1S/C22H24N2O2S/c1-15-9-11-18(12-10-15)26-16(2)22(25)24-13-5-6-17(14-24)21-23-19-7-3-4-8-20(19)27-21/h3-4,7-12,16-17H,5-6,13-14H2,1-2H3. The van der Waals surface area contributed by atoms with Gasteiger partial charge in [-0.3, -0.25) is 4.79 Å². The number of carbonyl (C=O) groups excluding carboxylic acids is 1. The lowest BCUT2D eigenvalue weighted by molar-refractivity contribution is -0.139. The van der Waals surface area contributed by atoms with E-state index in [2.05, 4.69) is 12.1 Å². The third-order valence-corrected chi connectivity index (χ3v) is 6.27. The predicted molar refractivity (Wildman–Crippen MR) is 109 cm³/mol. The zero-order chi connectivity index (χ0) is 18.8. The summed E-state index contributed by atoms with van der Waals surface area (Å²) in [6.45, 7) is 5.39. The quantitative estimate of drug-likeness (QED) is 0.654. The lowest BCUT2D eigenvalue weighted by atomic mass is 9.98. The van der Waals surface area contributed by atoms with Crippen molar-refractivity contribution in [2.24, 2.45) is 0 Å². The second-order valence-electron chi connectivity index (χ2n) is 7.22. The maximum absolute atomic E-state index is 12.9. The summed E-state index contributed by atoms with van der Waals surface area (Å²) >= 11 is 1.75. The van der Waals surface area contributed by atoms with Gasteiger partial charge in [0.15, 0.2) is 6.10 Å². The Hall–Kier alpha value is -2.40. The second-order valence-corrected chi connectivity index (χ2v) is 8.28. The number of likely N-dealkylation sites (tertiary alicyclic amines) is 1. The number of benzene rings is 2. The van der Waals surface area contributed by atoms with Crippen LogP contribution >= 0.6 is 11.3 Å². The SMILES string of the molecule is Cc1ccc(OC(C)C(=O)N2CCCC(c3nc4ccccc4s3)C2)cc1. The highest BCUT2D eigenvalue weighted by molar-refractivity contribution is 7.18. The highest BCUT2D eigenvalue weighted by atomic mass is 32.1. The monoisotopic (exact) mass is 380 g/mol. The average Bonchev–Trinajstić information content (AvgIpc) is 3.13. The van der Waals surface area contributed by atoms with Crippen molar-refractivity contribution in [1.29, 1.82) is 0 Å². The van der Waals surface area contributed by atoms with Gasteiger partial charge in [0.05, 0.1) is 15.2 Å². The summed E-state index contributed by atoms with van der Waals surface area (Å²) in [5.41, 5.74) is 2.23. The number of nitrogens with zero attached hydrogens (tertiary/aromatic N) is 2. The Morgan fingerprint density at radius 3 is 2.78 bits per heavy atom. The van der Waals surface area contributed by atoms with Gasteiger partial charge in [0.25, 0.3) is 5.91 Å². The summed E-state index contributed by atoms with van der Waals surface area (Å²) in [7, 11) is 0. The third kappa shape index (κ3) is 3.98. The van der Waals surface area contributed by atoms with Crippen molar-refractivity contribution in [3.8, 4) is 5.75 Å². The van der Waals surface area contributed by atoms with E-state index in [0.29, 0.717) is 5.92 Å². The molecule has 27 heavy (non-hydrogen) atoms. The lowest BCUT2D eigenvalue weighted by Gasteiger charge is -2.33. The van der Waals surface area contributed by atoms with E-state index in [0.717, 1.165) is 42.2 Å². The molecule has 4 nitrogen and oxygen atoms in total. The summed E-state index contributed by atoms with van der Waals surface area (Å²) < 4.78 is 7.08. The first-order valence-corrected chi connectivity index (χ1v) is 10.3. The molecule has 1 amide bonds. The Kier molecular flexibility index (Phi) is 5.12. The molecule has 0 N–H and O–H groups in total. The number of ether oxygens (including phenoxy) is 1. The molecule has 0 spiro atoms. The molecule has 3 aromatic rings. The molecule has 0 radical (unpaired) electrons. The first-order valence-electron chi connectivity index (χ1n) is 9.48. The summed E-state index contributed by atoms with van der Waals surface area (Å²) in [6, 6.07) is 16.1. The molecule has 0 saturated carbocycles. The van der Waals surface area contributed by atoms with Crippen LogP contribution < -0.4 is 4.74 Å². The molecule has 2 aromatic carbocycles. The minimum absolute atomic E-state index is 0.0568. The fourth-order valence-electron chi connectivity index (χ4n) is 3.57. The minimum Gasteiger partial charge on any atom is -0.481 e. The molecule has 4 rings (SSSR count). The van der Waals surface area contributed by atoms with Crippen molar-refractivity contribution in [2.45, 2.75) is 38.7 Å². The van der Waals surface area contributed by atoms with Gasteiger partial charge in [-0.1, -0.05) is 29.8 Å². The maximum atomic E-state index is 12.9. The van der Waals surface area contributed by atoms with Gasteiger partial charge in [-0.15, -0.1) is 11.3 Å². The molecular formula is C22H24N2O2S. The molecule has 2 atom stereocenters. The number of aromatic nitrogens is 1. The van der Waals surface area contributed by atoms with Crippen molar-refractivity contribution in [3.05, 3.63) is 59.1 Å². The number of fused-ring (bicyclic) bond motifs is 1.